The molecule has 1 heterocycles. The highest BCUT2D eigenvalue weighted by molar-refractivity contribution is 5.21. The van der Waals surface area contributed by atoms with E-state index in [2.05, 4.69) is 10.2 Å². The Balaban J connectivity index is 1.56. The van der Waals surface area contributed by atoms with Gasteiger partial charge in [-0.05, 0) is 44.8 Å². The number of benzene rings is 1. The maximum Gasteiger partial charge on any atom is 0.127 e. The van der Waals surface area contributed by atoms with Gasteiger partial charge in [-0.15, -0.1) is 0 Å². The number of nitrogens with zero attached hydrogens (tertiary/aromatic N) is 1. The van der Waals surface area contributed by atoms with Crippen molar-refractivity contribution in [2.75, 3.05) is 26.7 Å². The molecule has 0 amide bonds. The van der Waals surface area contributed by atoms with Crippen molar-refractivity contribution in [3.8, 4) is 0 Å². The molecule has 1 aliphatic carbocycles. The summed E-state index contributed by atoms with van der Waals surface area (Å²) in [4.78, 5) is 2.43. The number of aliphatic hydroxyl groups is 1. The van der Waals surface area contributed by atoms with Crippen molar-refractivity contribution in [1.82, 2.24) is 10.2 Å². The normalized spacial score (nSPS) is 30.5. The number of fused-ring (bicyclic) bond motifs is 1. The molecule has 4 atom stereocenters. The Labute approximate surface area is 126 Å². The third kappa shape index (κ3) is 3.12. The van der Waals surface area contributed by atoms with Gasteiger partial charge in [-0.3, -0.25) is 0 Å². The average molecular weight is 292 g/mol. The Kier molecular flexibility index (Phi) is 4.57. The number of hydrogen-bond acceptors (Lipinski definition) is 3. The van der Waals surface area contributed by atoms with Crippen LogP contribution in [0, 0.1) is 17.7 Å². The topological polar surface area (TPSA) is 35.5 Å². The molecule has 116 valence electrons. The number of nitrogens with one attached hydrogen (secondary N) is 1. The van der Waals surface area contributed by atoms with E-state index in [0.717, 1.165) is 44.5 Å². The molecule has 0 aromatic heterocycles. The predicted octanol–water partition coefficient (Wildman–Crippen LogP) is 2.18. The Morgan fingerprint density at radius 2 is 2.14 bits per heavy atom. The fraction of sp³-hybridized carbons (Fsp3) is 0.647. The lowest BCUT2D eigenvalue weighted by Crippen LogP contribution is -2.29. The first-order chi connectivity index (χ1) is 10.2. The summed E-state index contributed by atoms with van der Waals surface area (Å²) in [5.41, 5.74) is 0.749. The number of rotatable bonds is 5. The number of hydrogen-bond donors (Lipinski definition) is 2. The molecule has 2 N–H and O–H groups in total. The lowest BCUT2D eigenvalue weighted by atomic mass is 10.00. The predicted molar refractivity (Wildman–Crippen MR) is 81.5 cm³/mol. The fourth-order valence-corrected chi connectivity index (χ4v) is 4.04. The molecule has 2 fully saturated rings. The molecule has 4 heteroatoms. The molecule has 21 heavy (non-hydrogen) atoms. The molecule has 1 saturated carbocycles. The van der Waals surface area contributed by atoms with E-state index in [4.69, 9.17) is 0 Å². The third-order valence-electron chi connectivity index (χ3n) is 5.26. The highest BCUT2D eigenvalue weighted by Crippen LogP contribution is 2.38. The number of halogens is 1. The van der Waals surface area contributed by atoms with Crippen LogP contribution in [0.4, 0.5) is 4.39 Å². The second kappa shape index (κ2) is 6.42. The SMILES string of the molecule is CNC(CCN1CC2CCC(O)C2C1)c1ccccc1F. The third-order valence-corrected chi connectivity index (χ3v) is 5.26. The van der Waals surface area contributed by atoms with Crippen molar-refractivity contribution in [2.45, 2.75) is 31.4 Å². The van der Waals surface area contributed by atoms with E-state index in [-0.39, 0.29) is 18.0 Å². The molecule has 3 rings (SSSR count). The van der Waals surface area contributed by atoms with Gasteiger partial charge in [0.05, 0.1) is 6.10 Å². The van der Waals surface area contributed by atoms with Crippen molar-refractivity contribution < 1.29 is 9.50 Å². The van der Waals surface area contributed by atoms with Crippen LogP contribution in [-0.4, -0.2) is 42.8 Å². The summed E-state index contributed by atoms with van der Waals surface area (Å²) in [5.74, 6) is 0.999. The lowest BCUT2D eigenvalue weighted by molar-refractivity contribution is 0.124. The van der Waals surface area contributed by atoms with E-state index in [9.17, 15) is 9.50 Å². The lowest BCUT2D eigenvalue weighted by Gasteiger charge is -2.22. The summed E-state index contributed by atoms with van der Waals surface area (Å²) in [6.45, 7) is 3.05. The van der Waals surface area contributed by atoms with Gasteiger partial charge >= 0.3 is 0 Å². The van der Waals surface area contributed by atoms with Crippen LogP contribution in [0.15, 0.2) is 24.3 Å². The molecular formula is C17H25FN2O. The molecule has 1 saturated heterocycles. The molecular weight excluding hydrogens is 267 g/mol. The van der Waals surface area contributed by atoms with Crippen LogP contribution in [-0.2, 0) is 0 Å². The van der Waals surface area contributed by atoms with Gasteiger partial charge in [-0.25, -0.2) is 4.39 Å². The molecule has 0 spiro atoms. The van der Waals surface area contributed by atoms with Crippen LogP contribution in [0.5, 0.6) is 0 Å². The van der Waals surface area contributed by atoms with Gasteiger partial charge in [0.1, 0.15) is 5.82 Å². The first-order valence-electron chi connectivity index (χ1n) is 8.01. The number of likely N-dealkylation sites (tertiary alicyclic amines) is 1. The quantitative estimate of drug-likeness (QED) is 0.873. The molecule has 2 aliphatic rings. The largest absolute Gasteiger partial charge is 0.393 e. The first-order valence-corrected chi connectivity index (χ1v) is 8.01. The van der Waals surface area contributed by atoms with Crippen LogP contribution in [0.25, 0.3) is 0 Å². The van der Waals surface area contributed by atoms with Gasteiger partial charge in [0.2, 0.25) is 0 Å². The van der Waals surface area contributed by atoms with E-state index >= 15 is 0 Å². The van der Waals surface area contributed by atoms with Crippen molar-refractivity contribution >= 4 is 0 Å². The Morgan fingerprint density at radius 1 is 1.33 bits per heavy atom. The van der Waals surface area contributed by atoms with Gasteiger partial charge < -0.3 is 15.3 Å². The van der Waals surface area contributed by atoms with Crippen LogP contribution < -0.4 is 5.32 Å². The van der Waals surface area contributed by atoms with Crippen molar-refractivity contribution in [3.05, 3.63) is 35.6 Å². The smallest absolute Gasteiger partial charge is 0.127 e. The van der Waals surface area contributed by atoms with E-state index < -0.39 is 0 Å². The summed E-state index contributed by atoms with van der Waals surface area (Å²) in [7, 11) is 1.89. The van der Waals surface area contributed by atoms with Gasteiger partial charge in [0.25, 0.3) is 0 Å². The Bertz CT molecular complexity index is 482. The van der Waals surface area contributed by atoms with Gasteiger partial charge in [-0.1, -0.05) is 18.2 Å². The second-order valence-corrected chi connectivity index (χ2v) is 6.48. The van der Waals surface area contributed by atoms with E-state index in [1.54, 1.807) is 6.07 Å². The van der Waals surface area contributed by atoms with E-state index in [0.29, 0.717) is 11.8 Å². The zero-order valence-corrected chi connectivity index (χ0v) is 12.6. The summed E-state index contributed by atoms with van der Waals surface area (Å²) < 4.78 is 13.9. The summed E-state index contributed by atoms with van der Waals surface area (Å²) in [6, 6.07) is 7.06. The molecule has 0 bridgehead atoms. The van der Waals surface area contributed by atoms with Gasteiger partial charge in [-0.2, -0.15) is 0 Å². The standard InChI is InChI=1S/C17H25FN2O/c1-19-16(13-4-2-3-5-15(13)18)8-9-20-10-12-6-7-17(21)14(12)11-20/h2-5,12,14,16-17,19,21H,6-11H2,1H3. The van der Waals surface area contributed by atoms with Crippen LogP contribution >= 0.6 is 0 Å². The zero-order valence-electron chi connectivity index (χ0n) is 12.6. The van der Waals surface area contributed by atoms with E-state index in [1.165, 1.54) is 6.07 Å². The first kappa shape index (κ1) is 14.9. The Morgan fingerprint density at radius 3 is 2.86 bits per heavy atom. The van der Waals surface area contributed by atoms with Crippen LogP contribution in [0.1, 0.15) is 30.9 Å². The van der Waals surface area contributed by atoms with Crippen molar-refractivity contribution in [1.29, 1.82) is 0 Å². The van der Waals surface area contributed by atoms with Gasteiger partial charge in [0, 0.05) is 30.6 Å². The Hall–Kier alpha value is -0.970. The molecule has 3 nitrogen and oxygen atoms in total. The summed E-state index contributed by atoms with van der Waals surface area (Å²) >= 11 is 0. The monoisotopic (exact) mass is 292 g/mol. The second-order valence-electron chi connectivity index (χ2n) is 6.48. The summed E-state index contributed by atoms with van der Waals surface area (Å²) in [5, 5.41) is 13.2. The number of aliphatic hydroxyl groups excluding tert-OH is 1. The highest BCUT2D eigenvalue weighted by atomic mass is 19.1. The maximum absolute atomic E-state index is 13.9. The van der Waals surface area contributed by atoms with Gasteiger partial charge in [0.15, 0.2) is 0 Å². The zero-order chi connectivity index (χ0) is 14.8. The van der Waals surface area contributed by atoms with Crippen LogP contribution in [0.3, 0.4) is 0 Å². The summed E-state index contributed by atoms with van der Waals surface area (Å²) in [6.07, 6.45) is 2.92. The molecule has 1 aromatic rings. The fourth-order valence-electron chi connectivity index (χ4n) is 4.04. The minimum absolute atomic E-state index is 0.0524. The molecule has 4 unspecified atom stereocenters. The molecule has 1 aliphatic heterocycles. The highest BCUT2D eigenvalue weighted by Gasteiger charge is 2.41. The molecule has 1 aromatic carbocycles. The minimum Gasteiger partial charge on any atom is -0.393 e. The minimum atomic E-state index is -0.134. The van der Waals surface area contributed by atoms with Crippen molar-refractivity contribution in [3.63, 3.8) is 0 Å². The molecule has 0 radical (unpaired) electrons. The van der Waals surface area contributed by atoms with Crippen molar-refractivity contribution in [2.24, 2.45) is 11.8 Å². The van der Waals surface area contributed by atoms with E-state index in [1.807, 2.05) is 19.2 Å². The average Bonchev–Trinajstić information content (AvgIpc) is 3.04. The maximum atomic E-state index is 13.9. The van der Waals surface area contributed by atoms with Crippen LogP contribution in [0.2, 0.25) is 0 Å².